The van der Waals surface area contributed by atoms with Crippen LogP contribution in [0.1, 0.15) is 27.7 Å². The van der Waals surface area contributed by atoms with Gasteiger partial charge in [-0.3, -0.25) is 9.59 Å². The van der Waals surface area contributed by atoms with Crippen molar-refractivity contribution >= 4 is 24.5 Å². The van der Waals surface area contributed by atoms with Crippen LogP contribution in [0.3, 0.4) is 0 Å². The van der Waals surface area contributed by atoms with Crippen molar-refractivity contribution in [3.8, 4) is 45.3 Å². The van der Waals surface area contributed by atoms with Crippen molar-refractivity contribution in [3.05, 3.63) is 146 Å². The standard InChI is InChI=1S/2C16H14O3.2C4H6O/c2*1-11(2)16(18)19-15-9-5-13(6-10-15)12-3-7-14(17)8-4-12;2*1-4(2)3-5/h2*3-10,17H,1H2,2H3;2*3H,1H2,2H3. The number of phenols is 2. The number of phenolic OH excluding ortho intramolecular Hbond substituents is 2. The van der Waals surface area contributed by atoms with Gasteiger partial charge in [0.2, 0.25) is 0 Å². The van der Waals surface area contributed by atoms with Crippen LogP contribution in [0.5, 0.6) is 23.0 Å². The molecule has 0 atom stereocenters. The van der Waals surface area contributed by atoms with Gasteiger partial charge in [0.15, 0.2) is 0 Å². The first-order chi connectivity index (χ1) is 22.7. The number of carbonyl (C=O) groups excluding carboxylic acids is 4. The van der Waals surface area contributed by atoms with Gasteiger partial charge in [-0.05, 0) is 110 Å². The molecule has 0 fully saturated rings. The second-order valence-electron chi connectivity index (χ2n) is 10.4. The topological polar surface area (TPSA) is 127 Å². The average molecular weight is 649 g/mol. The molecule has 0 unspecified atom stereocenters. The van der Waals surface area contributed by atoms with E-state index in [-0.39, 0.29) is 11.5 Å². The number of ether oxygens (including phenoxy) is 2. The van der Waals surface area contributed by atoms with E-state index in [2.05, 4.69) is 26.3 Å². The molecule has 0 saturated carbocycles. The summed E-state index contributed by atoms with van der Waals surface area (Å²) in [5.41, 5.74) is 5.80. The smallest absolute Gasteiger partial charge is 0.338 e. The van der Waals surface area contributed by atoms with E-state index in [4.69, 9.17) is 9.47 Å². The van der Waals surface area contributed by atoms with Gasteiger partial charge in [0.25, 0.3) is 0 Å². The number of hydrogen-bond donors (Lipinski definition) is 2. The number of benzene rings is 4. The number of rotatable bonds is 8. The van der Waals surface area contributed by atoms with Crippen molar-refractivity contribution in [1.29, 1.82) is 0 Å². The summed E-state index contributed by atoms with van der Waals surface area (Å²) in [5, 5.41) is 18.5. The maximum Gasteiger partial charge on any atom is 0.338 e. The highest BCUT2D eigenvalue weighted by molar-refractivity contribution is 5.89. The van der Waals surface area contributed by atoms with Gasteiger partial charge in [-0.1, -0.05) is 74.8 Å². The zero-order valence-corrected chi connectivity index (χ0v) is 27.6. The first kappa shape index (κ1) is 39.7. The Morgan fingerprint density at radius 3 is 0.875 bits per heavy atom. The lowest BCUT2D eigenvalue weighted by Gasteiger charge is -2.06. The molecule has 0 radical (unpaired) electrons. The Bertz CT molecular complexity index is 1580. The Morgan fingerprint density at radius 1 is 0.479 bits per heavy atom. The summed E-state index contributed by atoms with van der Waals surface area (Å²) in [5.74, 6) is 0.562. The van der Waals surface area contributed by atoms with Gasteiger partial charge in [-0.2, -0.15) is 0 Å². The highest BCUT2D eigenvalue weighted by Gasteiger charge is 2.07. The molecule has 8 nitrogen and oxygen atoms in total. The molecule has 4 aromatic rings. The third-order valence-corrected chi connectivity index (χ3v) is 5.63. The van der Waals surface area contributed by atoms with E-state index in [1.54, 1.807) is 76.2 Å². The second kappa shape index (κ2) is 20.7. The molecule has 0 spiro atoms. The number of carbonyl (C=O) groups is 4. The number of aromatic hydroxyl groups is 2. The molecule has 0 heterocycles. The number of aldehydes is 2. The predicted octanol–water partition coefficient (Wildman–Crippen LogP) is 8.60. The minimum atomic E-state index is -0.433. The van der Waals surface area contributed by atoms with Gasteiger partial charge < -0.3 is 19.7 Å². The molecule has 248 valence electrons. The molecule has 48 heavy (non-hydrogen) atoms. The van der Waals surface area contributed by atoms with Crippen molar-refractivity contribution in [3.63, 3.8) is 0 Å². The van der Waals surface area contributed by atoms with Crippen LogP contribution in [0.2, 0.25) is 0 Å². The summed E-state index contributed by atoms with van der Waals surface area (Å²) in [6.07, 6.45) is 1.44. The van der Waals surface area contributed by atoms with Crippen LogP contribution in [0.15, 0.2) is 146 Å². The predicted molar refractivity (Wildman–Crippen MR) is 190 cm³/mol. The Labute approximate surface area is 281 Å². The third-order valence-electron chi connectivity index (χ3n) is 5.63. The molecule has 0 aliphatic rings. The van der Waals surface area contributed by atoms with Gasteiger partial charge in [0.05, 0.1) is 0 Å². The molecule has 0 amide bonds. The highest BCUT2D eigenvalue weighted by Crippen LogP contribution is 2.25. The van der Waals surface area contributed by atoms with Crippen LogP contribution in [0.4, 0.5) is 0 Å². The SMILES string of the molecule is C=C(C)C(=O)Oc1ccc(-c2ccc(O)cc2)cc1.C=C(C)C(=O)Oc1ccc(-c2ccc(O)cc2)cc1.C=C(C)C=O.C=C(C)C=O. The fourth-order valence-corrected chi connectivity index (χ4v) is 3.13. The Balaban J connectivity index is 0.000000376. The average Bonchev–Trinajstić information content (AvgIpc) is 3.07. The van der Waals surface area contributed by atoms with Crippen molar-refractivity contribution < 1.29 is 38.9 Å². The summed E-state index contributed by atoms with van der Waals surface area (Å²) in [6.45, 7) is 20.2. The number of hydrogen-bond acceptors (Lipinski definition) is 8. The lowest BCUT2D eigenvalue weighted by molar-refractivity contribution is -0.130. The molecule has 2 N–H and O–H groups in total. The van der Waals surface area contributed by atoms with E-state index in [0.29, 0.717) is 33.8 Å². The maximum atomic E-state index is 11.4. The van der Waals surface area contributed by atoms with Crippen LogP contribution < -0.4 is 9.47 Å². The van der Waals surface area contributed by atoms with Gasteiger partial charge in [-0.25, -0.2) is 9.59 Å². The van der Waals surface area contributed by atoms with Crippen molar-refractivity contribution in [2.45, 2.75) is 27.7 Å². The van der Waals surface area contributed by atoms with Crippen molar-refractivity contribution in [2.75, 3.05) is 0 Å². The number of allylic oxidation sites excluding steroid dienone is 2. The summed E-state index contributed by atoms with van der Waals surface area (Å²) < 4.78 is 10.2. The molecule has 0 bridgehead atoms. The molecule has 4 aromatic carbocycles. The fourth-order valence-electron chi connectivity index (χ4n) is 3.13. The summed E-state index contributed by atoms with van der Waals surface area (Å²) in [6, 6.07) is 28.1. The van der Waals surface area contributed by atoms with Crippen LogP contribution in [-0.2, 0) is 19.2 Å². The third kappa shape index (κ3) is 15.6. The van der Waals surface area contributed by atoms with E-state index in [1.165, 1.54) is 0 Å². The Hall–Kier alpha value is -6.28. The fraction of sp³-hybridized carbons (Fsp3) is 0.100. The largest absolute Gasteiger partial charge is 0.508 e. The molecule has 0 aliphatic heterocycles. The normalized spacial score (nSPS) is 9.25. The zero-order valence-electron chi connectivity index (χ0n) is 27.6. The lowest BCUT2D eigenvalue weighted by Crippen LogP contribution is -2.07. The van der Waals surface area contributed by atoms with Gasteiger partial charge in [0, 0.05) is 11.1 Å². The Kier molecular flexibility index (Phi) is 17.1. The monoisotopic (exact) mass is 648 g/mol. The first-order valence-electron chi connectivity index (χ1n) is 14.4. The van der Waals surface area contributed by atoms with Crippen molar-refractivity contribution in [1.82, 2.24) is 0 Å². The summed E-state index contributed by atoms with van der Waals surface area (Å²) in [7, 11) is 0. The minimum Gasteiger partial charge on any atom is -0.508 e. The maximum absolute atomic E-state index is 11.4. The minimum absolute atomic E-state index is 0.232. The molecule has 4 rings (SSSR count). The quantitative estimate of drug-likeness (QED) is 0.0842. The zero-order chi connectivity index (χ0) is 36.2. The van der Waals surface area contributed by atoms with Crippen LogP contribution >= 0.6 is 0 Å². The van der Waals surface area contributed by atoms with Crippen LogP contribution in [0, 0.1) is 0 Å². The van der Waals surface area contributed by atoms with Gasteiger partial charge >= 0.3 is 11.9 Å². The van der Waals surface area contributed by atoms with Crippen LogP contribution in [-0.4, -0.2) is 34.7 Å². The van der Waals surface area contributed by atoms with Gasteiger partial charge in [0.1, 0.15) is 35.6 Å². The van der Waals surface area contributed by atoms with Gasteiger partial charge in [-0.15, -0.1) is 0 Å². The highest BCUT2D eigenvalue weighted by atomic mass is 16.5. The van der Waals surface area contributed by atoms with Crippen molar-refractivity contribution in [2.24, 2.45) is 0 Å². The lowest BCUT2D eigenvalue weighted by atomic mass is 10.1. The molecular formula is C40H40O8. The van der Waals surface area contributed by atoms with E-state index in [0.717, 1.165) is 34.8 Å². The van der Waals surface area contributed by atoms with E-state index >= 15 is 0 Å². The van der Waals surface area contributed by atoms with Crippen LogP contribution in [0.25, 0.3) is 22.3 Å². The van der Waals surface area contributed by atoms with E-state index < -0.39 is 11.9 Å². The Morgan fingerprint density at radius 2 is 0.688 bits per heavy atom. The molecular weight excluding hydrogens is 608 g/mol. The summed E-state index contributed by atoms with van der Waals surface area (Å²) >= 11 is 0. The summed E-state index contributed by atoms with van der Waals surface area (Å²) in [4.78, 5) is 41.5. The second-order valence-corrected chi connectivity index (χ2v) is 10.4. The molecule has 0 saturated heterocycles. The molecule has 0 aliphatic carbocycles. The number of esters is 2. The molecule has 8 heteroatoms. The van der Waals surface area contributed by atoms with E-state index in [1.807, 2.05) is 48.5 Å². The first-order valence-corrected chi connectivity index (χ1v) is 14.4. The molecule has 0 aromatic heterocycles. The van der Waals surface area contributed by atoms with E-state index in [9.17, 15) is 29.4 Å².